The van der Waals surface area contributed by atoms with Crippen LogP contribution in [-0.4, -0.2) is 33.2 Å². The van der Waals surface area contributed by atoms with Crippen LogP contribution in [0.2, 0.25) is 0 Å². The lowest BCUT2D eigenvalue weighted by atomic mass is 10.0. The molecule has 0 radical (unpaired) electrons. The molecule has 160 valence electrons. The van der Waals surface area contributed by atoms with Gasteiger partial charge in [-0.2, -0.15) is 8.42 Å². The normalized spacial score (nSPS) is 11.4. The van der Waals surface area contributed by atoms with Crippen molar-refractivity contribution in [2.75, 3.05) is 18.9 Å². The molecule has 5 nitrogen and oxygen atoms in total. The van der Waals surface area contributed by atoms with Crippen LogP contribution in [0.5, 0.6) is 0 Å². The highest BCUT2D eigenvalue weighted by Crippen LogP contribution is 2.13. The molecule has 0 saturated heterocycles. The maximum Gasteiger partial charge on any atom is 0.267 e. The third-order valence-corrected chi connectivity index (χ3v) is 5.91. The standard InChI is InChI=1S/C21H41NO4S/c1-3-5-6-7-8-9-10-11-12-13-14-15-16-17-20-27(24,25)26-19-18-22-21(23)4-2/h4H,2-3,5-20H2,1H3,(H,22,23). The molecule has 0 rings (SSSR count). The lowest BCUT2D eigenvalue weighted by Crippen LogP contribution is -2.26. The predicted octanol–water partition coefficient (Wildman–Crippen LogP) is 5.12. The average Bonchev–Trinajstić information content (AvgIpc) is 2.65. The van der Waals surface area contributed by atoms with Crippen LogP contribution in [0.3, 0.4) is 0 Å². The Hall–Kier alpha value is -0.880. The first-order chi connectivity index (χ1) is 13.0. The Morgan fingerprint density at radius 2 is 1.30 bits per heavy atom. The fourth-order valence-corrected chi connectivity index (χ4v) is 3.96. The molecular formula is C21H41NO4S. The Bertz CT molecular complexity index is 463. The van der Waals surface area contributed by atoms with E-state index in [-0.39, 0.29) is 24.8 Å². The molecule has 0 aromatic heterocycles. The molecule has 0 bridgehead atoms. The molecule has 0 saturated carbocycles. The van der Waals surface area contributed by atoms with Gasteiger partial charge in [0.05, 0.1) is 12.4 Å². The summed E-state index contributed by atoms with van der Waals surface area (Å²) in [5.41, 5.74) is 0. The van der Waals surface area contributed by atoms with Crippen LogP contribution in [0, 0.1) is 0 Å². The van der Waals surface area contributed by atoms with E-state index in [2.05, 4.69) is 18.8 Å². The molecule has 0 heterocycles. The first kappa shape index (κ1) is 26.1. The van der Waals surface area contributed by atoms with Gasteiger partial charge in [-0.25, -0.2) is 0 Å². The van der Waals surface area contributed by atoms with E-state index in [1.807, 2.05) is 0 Å². The highest BCUT2D eigenvalue weighted by Gasteiger charge is 2.10. The number of nitrogens with one attached hydrogen (secondary N) is 1. The highest BCUT2D eigenvalue weighted by molar-refractivity contribution is 7.86. The van der Waals surface area contributed by atoms with E-state index in [9.17, 15) is 13.2 Å². The zero-order valence-corrected chi connectivity index (χ0v) is 18.2. The van der Waals surface area contributed by atoms with E-state index in [4.69, 9.17) is 4.18 Å². The number of carbonyl (C=O) groups is 1. The quantitative estimate of drug-likeness (QED) is 0.174. The van der Waals surface area contributed by atoms with Gasteiger partial charge >= 0.3 is 0 Å². The van der Waals surface area contributed by atoms with Crippen LogP contribution in [-0.2, 0) is 19.1 Å². The van der Waals surface area contributed by atoms with Gasteiger partial charge in [-0.3, -0.25) is 8.98 Å². The Morgan fingerprint density at radius 1 is 0.852 bits per heavy atom. The SMILES string of the molecule is C=CC(=O)NCCOS(=O)(=O)CCCCCCCCCCCCCCCC. The van der Waals surface area contributed by atoms with Crippen LogP contribution < -0.4 is 5.32 Å². The summed E-state index contributed by atoms with van der Waals surface area (Å²) >= 11 is 0. The lowest BCUT2D eigenvalue weighted by Gasteiger charge is -2.06. The second-order valence-corrected chi connectivity index (χ2v) is 8.93. The van der Waals surface area contributed by atoms with Crippen molar-refractivity contribution in [2.45, 2.75) is 96.8 Å². The molecule has 0 aliphatic rings. The maximum atomic E-state index is 11.7. The van der Waals surface area contributed by atoms with Gasteiger partial charge in [0.15, 0.2) is 0 Å². The Balaban J connectivity index is 3.35. The summed E-state index contributed by atoms with van der Waals surface area (Å²) in [4.78, 5) is 10.9. The van der Waals surface area contributed by atoms with Crippen molar-refractivity contribution in [1.29, 1.82) is 0 Å². The van der Waals surface area contributed by atoms with Gasteiger partial charge in [-0.15, -0.1) is 0 Å². The van der Waals surface area contributed by atoms with Gasteiger partial charge in [0.25, 0.3) is 10.1 Å². The van der Waals surface area contributed by atoms with Gasteiger partial charge in [-0.1, -0.05) is 97.0 Å². The van der Waals surface area contributed by atoms with Crippen molar-refractivity contribution in [2.24, 2.45) is 0 Å². The number of unbranched alkanes of at least 4 members (excludes halogenated alkanes) is 13. The predicted molar refractivity (Wildman–Crippen MR) is 113 cm³/mol. The van der Waals surface area contributed by atoms with Gasteiger partial charge < -0.3 is 5.32 Å². The molecule has 0 atom stereocenters. The van der Waals surface area contributed by atoms with E-state index in [0.29, 0.717) is 6.42 Å². The number of hydrogen-bond donors (Lipinski definition) is 1. The van der Waals surface area contributed by atoms with E-state index < -0.39 is 10.1 Å². The minimum atomic E-state index is -3.48. The first-order valence-corrected chi connectivity index (χ1v) is 12.4. The van der Waals surface area contributed by atoms with Crippen LogP contribution >= 0.6 is 0 Å². The average molecular weight is 404 g/mol. The summed E-state index contributed by atoms with van der Waals surface area (Å²) in [7, 11) is -3.48. The molecule has 0 aliphatic carbocycles. The summed E-state index contributed by atoms with van der Waals surface area (Å²) in [5.74, 6) is -0.275. The van der Waals surface area contributed by atoms with Crippen molar-refractivity contribution >= 4 is 16.0 Å². The molecule has 1 N–H and O–H groups in total. The molecule has 0 spiro atoms. The molecule has 0 aromatic carbocycles. The Kier molecular flexibility index (Phi) is 17.9. The van der Waals surface area contributed by atoms with Gasteiger partial charge in [0, 0.05) is 6.54 Å². The molecule has 27 heavy (non-hydrogen) atoms. The van der Waals surface area contributed by atoms with E-state index in [0.717, 1.165) is 18.9 Å². The van der Waals surface area contributed by atoms with Crippen molar-refractivity contribution in [3.63, 3.8) is 0 Å². The van der Waals surface area contributed by atoms with Gasteiger partial charge in [0.2, 0.25) is 5.91 Å². The molecule has 1 amide bonds. The van der Waals surface area contributed by atoms with Crippen molar-refractivity contribution < 1.29 is 17.4 Å². The fraction of sp³-hybridized carbons (Fsp3) is 0.857. The van der Waals surface area contributed by atoms with Crippen LogP contribution in [0.25, 0.3) is 0 Å². The van der Waals surface area contributed by atoms with Gasteiger partial charge in [0.1, 0.15) is 0 Å². The fourth-order valence-electron chi connectivity index (χ4n) is 2.95. The summed E-state index contributed by atoms with van der Waals surface area (Å²) in [6, 6.07) is 0. The number of carbonyl (C=O) groups excluding carboxylic acids is 1. The minimum absolute atomic E-state index is 0.0273. The van der Waals surface area contributed by atoms with Gasteiger partial charge in [-0.05, 0) is 12.5 Å². The number of hydrogen-bond acceptors (Lipinski definition) is 4. The second kappa shape index (κ2) is 18.5. The molecular weight excluding hydrogens is 362 g/mol. The lowest BCUT2D eigenvalue weighted by molar-refractivity contribution is -0.116. The highest BCUT2D eigenvalue weighted by atomic mass is 32.2. The van der Waals surface area contributed by atoms with Crippen molar-refractivity contribution in [1.82, 2.24) is 5.32 Å². The third-order valence-electron chi connectivity index (χ3n) is 4.60. The van der Waals surface area contributed by atoms with E-state index in [1.165, 1.54) is 70.6 Å². The minimum Gasteiger partial charge on any atom is -0.350 e. The topological polar surface area (TPSA) is 72.5 Å². The van der Waals surface area contributed by atoms with Crippen LogP contribution in [0.4, 0.5) is 0 Å². The van der Waals surface area contributed by atoms with E-state index in [1.54, 1.807) is 0 Å². The molecule has 0 unspecified atom stereocenters. The van der Waals surface area contributed by atoms with Crippen LogP contribution in [0.15, 0.2) is 12.7 Å². The van der Waals surface area contributed by atoms with E-state index >= 15 is 0 Å². The zero-order chi connectivity index (χ0) is 20.2. The first-order valence-electron chi connectivity index (χ1n) is 10.8. The number of amides is 1. The maximum absolute atomic E-state index is 11.7. The largest absolute Gasteiger partial charge is 0.350 e. The monoisotopic (exact) mass is 403 g/mol. The summed E-state index contributed by atoms with van der Waals surface area (Å²) in [6.07, 6.45) is 18.4. The summed E-state index contributed by atoms with van der Waals surface area (Å²) < 4.78 is 28.3. The molecule has 0 aliphatic heterocycles. The second-order valence-electron chi connectivity index (χ2n) is 7.18. The van der Waals surface area contributed by atoms with Crippen LogP contribution in [0.1, 0.15) is 96.8 Å². The summed E-state index contributed by atoms with van der Waals surface area (Å²) in [5, 5.41) is 2.48. The molecule has 6 heteroatoms. The molecule has 0 fully saturated rings. The third kappa shape index (κ3) is 19.7. The summed E-state index contributed by atoms with van der Waals surface area (Å²) in [6.45, 7) is 5.71. The Labute approximate surface area is 167 Å². The zero-order valence-electron chi connectivity index (χ0n) is 17.3. The number of rotatable bonds is 20. The van der Waals surface area contributed by atoms with Crippen molar-refractivity contribution in [3.05, 3.63) is 12.7 Å². The smallest absolute Gasteiger partial charge is 0.267 e. The Morgan fingerprint density at radius 3 is 1.74 bits per heavy atom. The molecule has 0 aromatic rings. The van der Waals surface area contributed by atoms with Crippen molar-refractivity contribution in [3.8, 4) is 0 Å².